The van der Waals surface area contributed by atoms with Crippen molar-refractivity contribution in [2.45, 2.75) is 25.9 Å². The summed E-state index contributed by atoms with van der Waals surface area (Å²) >= 11 is 0. The molecule has 2 aromatic rings. The van der Waals surface area contributed by atoms with Crippen LogP contribution in [0, 0.1) is 0 Å². The zero-order valence-corrected chi connectivity index (χ0v) is 11.5. The lowest BCUT2D eigenvalue weighted by Crippen LogP contribution is -2.29. The molecule has 2 rings (SSSR count). The molecule has 2 heteroatoms. The molecular formula is C17H20O2. The normalized spacial score (nSPS) is 13.8. The Labute approximate surface area is 114 Å². The average molecular weight is 256 g/mol. The van der Waals surface area contributed by atoms with Crippen molar-refractivity contribution < 1.29 is 9.84 Å². The van der Waals surface area contributed by atoms with Crippen molar-refractivity contribution in [3.63, 3.8) is 0 Å². The van der Waals surface area contributed by atoms with Gasteiger partial charge >= 0.3 is 0 Å². The van der Waals surface area contributed by atoms with Crippen LogP contribution < -0.4 is 4.74 Å². The zero-order valence-electron chi connectivity index (χ0n) is 11.5. The Morgan fingerprint density at radius 1 is 1.00 bits per heavy atom. The van der Waals surface area contributed by atoms with Gasteiger partial charge < -0.3 is 9.84 Å². The topological polar surface area (TPSA) is 29.5 Å². The van der Waals surface area contributed by atoms with Crippen LogP contribution in [0.15, 0.2) is 54.6 Å². The van der Waals surface area contributed by atoms with Crippen LogP contribution in [-0.4, -0.2) is 11.7 Å². The second-order valence-electron chi connectivity index (χ2n) is 4.89. The van der Waals surface area contributed by atoms with E-state index in [1.807, 2.05) is 54.6 Å². The highest BCUT2D eigenvalue weighted by Gasteiger charge is 2.24. The van der Waals surface area contributed by atoms with Gasteiger partial charge in [0.05, 0.1) is 0 Å². The number of hydrogen-bond acceptors (Lipinski definition) is 2. The molecule has 0 bridgehead atoms. The van der Waals surface area contributed by atoms with Crippen LogP contribution in [0.25, 0.3) is 0 Å². The highest BCUT2D eigenvalue weighted by molar-refractivity contribution is 5.33. The fourth-order valence-corrected chi connectivity index (χ4v) is 2.04. The summed E-state index contributed by atoms with van der Waals surface area (Å²) in [4.78, 5) is 0. The molecule has 0 heterocycles. The minimum Gasteiger partial charge on any atom is -0.490 e. The maximum absolute atomic E-state index is 10.5. The summed E-state index contributed by atoms with van der Waals surface area (Å²) in [5.41, 5.74) is 1.04. The molecule has 2 aromatic carbocycles. The van der Waals surface area contributed by atoms with E-state index >= 15 is 0 Å². The second-order valence-corrected chi connectivity index (χ2v) is 4.89. The number of para-hydroxylation sites is 1. The van der Waals surface area contributed by atoms with E-state index in [4.69, 9.17) is 4.74 Å². The molecule has 19 heavy (non-hydrogen) atoms. The first-order valence-corrected chi connectivity index (χ1v) is 6.62. The highest BCUT2D eigenvalue weighted by Crippen LogP contribution is 2.24. The van der Waals surface area contributed by atoms with Gasteiger partial charge in [0.15, 0.2) is 0 Å². The summed E-state index contributed by atoms with van der Waals surface area (Å²) in [7, 11) is 0. The van der Waals surface area contributed by atoms with E-state index in [9.17, 15) is 5.11 Å². The van der Waals surface area contributed by atoms with Crippen molar-refractivity contribution in [1.29, 1.82) is 0 Å². The predicted octanol–water partition coefficient (Wildman–Crippen LogP) is 3.54. The molecule has 1 atom stereocenters. The number of benzene rings is 2. The van der Waals surface area contributed by atoms with Crippen LogP contribution >= 0.6 is 0 Å². The van der Waals surface area contributed by atoms with Crippen LogP contribution in [0.3, 0.4) is 0 Å². The predicted molar refractivity (Wildman–Crippen MR) is 77.3 cm³/mol. The number of ether oxygens (including phenoxy) is 1. The van der Waals surface area contributed by atoms with Crippen LogP contribution in [0.1, 0.15) is 25.0 Å². The first kappa shape index (κ1) is 13.6. The lowest BCUT2D eigenvalue weighted by Gasteiger charge is -2.24. The minimum absolute atomic E-state index is 0.244. The molecule has 2 nitrogen and oxygen atoms in total. The third-order valence-electron chi connectivity index (χ3n) is 3.26. The van der Waals surface area contributed by atoms with Gasteiger partial charge in [-0.2, -0.15) is 0 Å². The van der Waals surface area contributed by atoms with E-state index in [2.05, 4.69) is 6.92 Å². The van der Waals surface area contributed by atoms with Gasteiger partial charge in [0.25, 0.3) is 0 Å². The average Bonchev–Trinajstić information content (AvgIpc) is 2.46. The van der Waals surface area contributed by atoms with Gasteiger partial charge in [-0.25, -0.2) is 0 Å². The summed E-state index contributed by atoms with van der Waals surface area (Å²) in [5, 5.41) is 10.5. The number of aliphatic hydroxyl groups is 1. The molecule has 0 saturated heterocycles. The molecule has 0 fully saturated rings. The Balaban J connectivity index is 2.10. The first-order valence-electron chi connectivity index (χ1n) is 6.62. The maximum Gasteiger partial charge on any atom is 0.122 e. The molecule has 0 radical (unpaired) electrons. The molecule has 0 saturated carbocycles. The molecule has 0 aliphatic rings. The fraction of sp³-hybridized carbons (Fsp3) is 0.294. The summed E-state index contributed by atoms with van der Waals surface area (Å²) in [6, 6.07) is 17.5. The summed E-state index contributed by atoms with van der Waals surface area (Å²) in [5.74, 6) is 0.848. The van der Waals surface area contributed by atoms with E-state index in [1.54, 1.807) is 6.92 Å². The zero-order chi connectivity index (χ0) is 13.7. The van der Waals surface area contributed by atoms with Crippen LogP contribution in [-0.2, 0) is 12.0 Å². The van der Waals surface area contributed by atoms with Crippen molar-refractivity contribution in [2.24, 2.45) is 0 Å². The lowest BCUT2D eigenvalue weighted by molar-refractivity contribution is 0.00732. The SMILES string of the molecule is CCc1ccccc1OCC(C)(O)c1ccccc1. The summed E-state index contributed by atoms with van der Waals surface area (Å²) in [6.07, 6.45) is 0.920. The van der Waals surface area contributed by atoms with Gasteiger partial charge in [-0.15, -0.1) is 0 Å². The summed E-state index contributed by atoms with van der Waals surface area (Å²) < 4.78 is 5.80. The Bertz CT molecular complexity index is 518. The van der Waals surface area contributed by atoms with Gasteiger partial charge in [-0.05, 0) is 30.5 Å². The largest absolute Gasteiger partial charge is 0.490 e. The van der Waals surface area contributed by atoms with E-state index in [1.165, 1.54) is 0 Å². The van der Waals surface area contributed by atoms with Gasteiger partial charge in [0.2, 0.25) is 0 Å². The van der Waals surface area contributed by atoms with Crippen molar-refractivity contribution in [3.05, 3.63) is 65.7 Å². The van der Waals surface area contributed by atoms with Gasteiger partial charge in [0, 0.05) is 0 Å². The van der Waals surface area contributed by atoms with Crippen LogP contribution in [0.4, 0.5) is 0 Å². The van der Waals surface area contributed by atoms with Gasteiger partial charge in [-0.3, -0.25) is 0 Å². The minimum atomic E-state index is -0.984. The van der Waals surface area contributed by atoms with Crippen LogP contribution in [0.2, 0.25) is 0 Å². The second kappa shape index (κ2) is 5.89. The van der Waals surface area contributed by atoms with E-state index in [0.29, 0.717) is 0 Å². The van der Waals surface area contributed by atoms with Crippen molar-refractivity contribution >= 4 is 0 Å². The molecule has 0 amide bonds. The molecule has 100 valence electrons. The molecule has 0 aliphatic carbocycles. The third kappa shape index (κ3) is 3.36. The van der Waals surface area contributed by atoms with E-state index in [-0.39, 0.29) is 6.61 Å². The molecule has 0 spiro atoms. The molecule has 1 unspecified atom stereocenters. The summed E-state index contributed by atoms with van der Waals surface area (Å²) in [6.45, 7) is 4.11. The lowest BCUT2D eigenvalue weighted by atomic mass is 9.97. The van der Waals surface area contributed by atoms with Gasteiger partial charge in [0.1, 0.15) is 18.0 Å². The van der Waals surface area contributed by atoms with E-state index < -0.39 is 5.60 Å². The Morgan fingerprint density at radius 2 is 1.63 bits per heavy atom. The number of aryl methyl sites for hydroxylation is 1. The number of rotatable bonds is 5. The molecule has 0 aliphatic heterocycles. The third-order valence-corrected chi connectivity index (χ3v) is 3.26. The quantitative estimate of drug-likeness (QED) is 0.886. The number of hydrogen-bond donors (Lipinski definition) is 1. The maximum atomic E-state index is 10.5. The monoisotopic (exact) mass is 256 g/mol. The molecule has 0 aromatic heterocycles. The Kier molecular flexibility index (Phi) is 4.23. The van der Waals surface area contributed by atoms with Crippen molar-refractivity contribution in [3.8, 4) is 5.75 Å². The Hall–Kier alpha value is -1.80. The smallest absolute Gasteiger partial charge is 0.122 e. The first-order chi connectivity index (χ1) is 9.13. The van der Waals surface area contributed by atoms with Crippen LogP contribution in [0.5, 0.6) is 5.75 Å². The standard InChI is InChI=1S/C17H20O2/c1-3-14-9-7-8-12-16(14)19-13-17(2,18)15-10-5-4-6-11-15/h4-12,18H,3,13H2,1-2H3. The van der Waals surface area contributed by atoms with E-state index in [0.717, 1.165) is 23.3 Å². The van der Waals surface area contributed by atoms with Crippen molar-refractivity contribution in [2.75, 3.05) is 6.61 Å². The molecular weight excluding hydrogens is 236 g/mol. The highest BCUT2D eigenvalue weighted by atomic mass is 16.5. The van der Waals surface area contributed by atoms with Gasteiger partial charge in [-0.1, -0.05) is 55.5 Å². The Morgan fingerprint density at radius 3 is 2.32 bits per heavy atom. The fourth-order valence-electron chi connectivity index (χ4n) is 2.04. The van der Waals surface area contributed by atoms with Crippen molar-refractivity contribution in [1.82, 2.24) is 0 Å². The molecule has 1 N–H and O–H groups in total.